The van der Waals surface area contributed by atoms with Crippen molar-refractivity contribution in [1.82, 2.24) is 0 Å². The van der Waals surface area contributed by atoms with Crippen molar-refractivity contribution in [2.24, 2.45) is 0 Å². The van der Waals surface area contributed by atoms with E-state index in [0.29, 0.717) is 5.56 Å². The van der Waals surface area contributed by atoms with Crippen molar-refractivity contribution in [3.8, 4) is 66.8 Å². The number of nitrogens with zero attached hydrogens (tertiary/aromatic N) is 1. The lowest BCUT2D eigenvalue weighted by atomic mass is 9.91. The summed E-state index contributed by atoms with van der Waals surface area (Å²) in [5.41, 5.74) is 14.6. The smallest absolute Gasteiger partial charge is 0.0629 e. The van der Waals surface area contributed by atoms with Crippen LogP contribution in [0.1, 0.15) is 6.85 Å². The Morgan fingerprint density at radius 3 is 1.18 bits per heavy atom. The van der Waals surface area contributed by atoms with Crippen LogP contribution in [-0.4, -0.2) is 0 Å². The van der Waals surface area contributed by atoms with Crippen LogP contribution in [0.3, 0.4) is 0 Å². The van der Waals surface area contributed by atoms with Crippen LogP contribution in [0.4, 0.5) is 17.1 Å². The average molecular weight is 707 g/mol. The summed E-state index contributed by atoms with van der Waals surface area (Å²) in [6.45, 7) is 0. The molecule has 0 aromatic heterocycles. The second-order valence-electron chi connectivity index (χ2n) is 13.4. The van der Waals surface area contributed by atoms with Crippen LogP contribution in [-0.2, 0) is 0 Å². The van der Waals surface area contributed by atoms with Crippen LogP contribution >= 0.6 is 0 Å². The van der Waals surface area contributed by atoms with Gasteiger partial charge in [-0.15, -0.1) is 0 Å². The first kappa shape index (κ1) is 28.3. The second-order valence-corrected chi connectivity index (χ2v) is 13.4. The fourth-order valence-corrected chi connectivity index (χ4v) is 7.24. The van der Waals surface area contributed by atoms with Gasteiger partial charge in [-0.25, -0.2) is 0 Å². The maximum absolute atomic E-state index is 8.62. The van der Waals surface area contributed by atoms with Gasteiger partial charge in [0.2, 0.25) is 0 Å². The van der Waals surface area contributed by atoms with Crippen molar-refractivity contribution in [3.63, 3.8) is 0 Å². The van der Waals surface area contributed by atoms with Crippen LogP contribution in [0.15, 0.2) is 236 Å². The number of anilines is 3. The van der Waals surface area contributed by atoms with E-state index in [4.69, 9.17) is 6.85 Å². The van der Waals surface area contributed by atoms with E-state index in [1.165, 1.54) is 11.1 Å². The molecule has 0 aliphatic heterocycles. The van der Waals surface area contributed by atoms with Crippen molar-refractivity contribution in [2.45, 2.75) is 0 Å². The van der Waals surface area contributed by atoms with E-state index in [2.05, 4.69) is 150 Å². The molecule has 9 aromatic rings. The molecule has 0 aliphatic carbocycles. The molecule has 260 valence electrons. The molecule has 0 unspecified atom stereocenters. The van der Waals surface area contributed by atoms with Crippen LogP contribution < -0.4 is 4.90 Å². The highest BCUT2D eigenvalue weighted by Gasteiger charge is 2.19. The summed E-state index contributed by atoms with van der Waals surface area (Å²) in [5.74, 6) is 0. The first-order valence-electron chi connectivity index (χ1n) is 20.9. The Labute approximate surface area is 331 Å². The van der Waals surface area contributed by atoms with E-state index in [9.17, 15) is 0 Å². The zero-order valence-corrected chi connectivity index (χ0v) is 30.1. The van der Waals surface area contributed by atoms with Gasteiger partial charge in [-0.1, -0.05) is 194 Å². The molecule has 0 radical (unpaired) electrons. The van der Waals surface area contributed by atoms with Gasteiger partial charge in [-0.2, -0.15) is 0 Å². The van der Waals surface area contributed by atoms with Gasteiger partial charge < -0.3 is 4.90 Å². The molecule has 0 aliphatic rings. The number of hydrogen-bond donors (Lipinski definition) is 0. The van der Waals surface area contributed by atoms with Crippen LogP contribution in [0.2, 0.25) is 0 Å². The maximum atomic E-state index is 8.62. The van der Waals surface area contributed by atoms with Crippen molar-refractivity contribution in [2.75, 3.05) is 4.90 Å². The summed E-state index contributed by atoms with van der Waals surface area (Å²) in [6.07, 6.45) is 0. The Morgan fingerprint density at radius 2 is 0.655 bits per heavy atom. The Morgan fingerprint density at radius 1 is 0.273 bits per heavy atom. The Kier molecular flexibility index (Phi) is 7.93. The summed E-state index contributed by atoms with van der Waals surface area (Å²) in [6, 6.07) is 69.6. The Balaban J connectivity index is 1.18. The van der Waals surface area contributed by atoms with E-state index in [1.807, 2.05) is 60.7 Å². The lowest BCUT2D eigenvalue weighted by Gasteiger charge is -2.29. The third kappa shape index (κ3) is 7.12. The SMILES string of the molecule is [2H]c1c([2H])c([2H])c(-c2ccc(N(c3ccc(-c4ccc(-c5ccccc5)c(-c5ccccc5)c4)cc3)c3ccc(-c4ccccc4)cc3-c3ccccc3)cc2)c([2H])c1[2H]. The molecule has 1 nitrogen and oxygen atoms in total. The lowest BCUT2D eigenvalue weighted by Crippen LogP contribution is -2.11. The van der Waals surface area contributed by atoms with Crippen molar-refractivity contribution < 1.29 is 6.85 Å². The van der Waals surface area contributed by atoms with Gasteiger partial charge in [0.05, 0.1) is 12.5 Å². The van der Waals surface area contributed by atoms with Gasteiger partial charge >= 0.3 is 0 Å². The minimum Gasteiger partial charge on any atom is -0.310 e. The maximum Gasteiger partial charge on any atom is 0.0629 e. The van der Waals surface area contributed by atoms with Crippen molar-refractivity contribution in [1.29, 1.82) is 0 Å². The quantitative estimate of drug-likeness (QED) is 0.144. The molecule has 0 atom stereocenters. The normalized spacial score (nSPS) is 12.2. The molecule has 0 saturated heterocycles. The van der Waals surface area contributed by atoms with E-state index < -0.39 is 6.04 Å². The largest absolute Gasteiger partial charge is 0.310 e. The Bertz CT molecular complexity index is 2910. The standard InChI is InChI=1S/C54H39N/c1-6-16-40(17-7-1)42-26-32-49(33-27-42)55(54-37-31-48(41-18-8-2-9-19-41)39-53(54)46-24-14-5-15-25-46)50-34-28-43(29-35-50)47-30-36-51(44-20-10-3-11-21-44)52(38-47)45-22-12-4-13-23-45/h1-39H/i1D,6D,7D,16D,17D. The van der Waals surface area contributed by atoms with E-state index in [0.717, 1.165) is 61.6 Å². The first-order chi connectivity index (χ1) is 29.4. The summed E-state index contributed by atoms with van der Waals surface area (Å²) in [4.78, 5) is 2.22. The highest BCUT2D eigenvalue weighted by atomic mass is 15.1. The molecule has 1 heteroatoms. The second kappa shape index (κ2) is 15.4. The molecule has 0 fully saturated rings. The summed E-state index contributed by atoms with van der Waals surface area (Å²) in [7, 11) is 0. The zero-order chi connectivity index (χ0) is 41.2. The fraction of sp³-hybridized carbons (Fsp3) is 0. The fourth-order valence-electron chi connectivity index (χ4n) is 7.24. The average Bonchev–Trinajstić information content (AvgIpc) is 3.32. The summed E-state index contributed by atoms with van der Waals surface area (Å²) < 4.78 is 41.9. The van der Waals surface area contributed by atoms with Gasteiger partial charge in [0.15, 0.2) is 0 Å². The summed E-state index contributed by atoms with van der Waals surface area (Å²) in [5, 5.41) is 0. The molecule has 9 aromatic carbocycles. The van der Waals surface area contributed by atoms with Gasteiger partial charge in [0.1, 0.15) is 0 Å². The van der Waals surface area contributed by atoms with Crippen LogP contribution in [0.25, 0.3) is 66.8 Å². The minimum atomic E-state index is -0.407. The molecule has 55 heavy (non-hydrogen) atoms. The number of benzene rings is 9. The molecule has 0 bridgehead atoms. The molecule has 0 saturated carbocycles. The summed E-state index contributed by atoms with van der Waals surface area (Å²) >= 11 is 0. The number of rotatable bonds is 9. The highest BCUT2D eigenvalue weighted by Crippen LogP contribution is 2.44. The monoisotopic (exact) mass is 706 g/mol. The van der Waals surface area contributed by atoms with Crippen LogP contribution in [0, 0.1) is 0 Å². The van der Waals surface area contributed by atoms with Gasteiger partial charge in [-0.05, 0) is 104 Å². The molecular weight excluding hydrogens is 663 g/mol. The topological polar surface area (TPSA) is 3.24 Å². The predicted octanol–water partition coefficient (Wildman–Crippen LogP) is 15.2. The third-order valence-corrected chi connectivity index (χ3v) is 9.99. The molecular formula is C54H39N. The molecule has 0 spiro atoms. The van der Waals surface area contributed by atoms with Crippen LogP contribution in [0.5, 0.6) is 0 Å². The Hall–Kier alpha value is -7.22. The highest BCUT2D eigenvalue weighted by molar-refractivity contribution is 5.92. The van der Waals surface area contributed by atoms with Gasteiger partial charge in [-0.3, -0.25) is 0 Å². The van der Waals surface area contributed by atoms with Gasteiger partial charge in [0, 0.05) is 16.9 Å². The van der Waals surface area contributed by atoms with Gasteiger partial charge in [0.25, 0.3) is 0 Å². The molecule has 0 N–H and O–H groups in total. The van der Waals surface area contributed by atoms with E-state index >= 15 is 0 Å². The van der Waals surface area contributed by atoms with Crippen molar-refractivity contribution >= 4 is 17.1 Å². The predicted molar refractivity (Wildman–Crippen MR) is 234 cm³/mol. The van der Waals surface area contributed by atoms with E-state index in [-0.39, 0.29) is 29.7 Å². The lowest BCUT2D eigenvalue weighted by molar-refractivity contribution is 1.28. The van der Waals surface area contributed by atoms with E-state index in [1.54, 1.807) is 0 Å². The molecule has 0 heterocycles. The third-order valence-electron chi connectivity index (χ3n) is 9.99. The number of hydrogen-bond acceptors (Lipinski definition) is 1. The zero-order valence-electron chi connectivity index (χ0n) is 35.1. The van der Waals surface area contributed by atoms with Crippen molar-refractivity contribution in [3.05, 3.63) is 236 Å². The molecule has 9 rings (SSSR count). The first-order valence-corrected chi connectivity index (χ1v) is 18.4. The molecule has 0 amide bonds. The minimum absolute atomic E-state index is 0.175.